The number of unbranched alkanes of at least 4 members (excludes halogenated alkanes) is 7. The van der Waals surface area contributed by atoms with Crippen molar-refractivity contribution in [3.05, 3.63) is 60.8 Å². The summed E-state index contributed by atoms with van der Waals surface area (Å²) in [6.07, 6.45) is 31.5. The monoisotopic (exact) mass is 632 g/mol. The average Bonchev–Trinajstić information content (AvgIpc) is 2.98. The number of quaternary nitrogens is 1. The molecule has 0 amide bonds. The molecule has 0 aliphatic carbocycles. The Bertz CT molecular complexity index is 928. The minimum atomic E-state index is -0.891. The van der Waals surface area contributed by atoms with Crippen molar-refractivity contribution >= 4 is 17.9 Å². The molecule has 0 fully saturated rings. The number of rotatable bonds is 28. The van der Waals surface area contributed by atoms with Crippen molar-refractivity contribution < 1.29 is 38.2 Å². The van der Waals surface area contributed by atoms with Gasteiger partial charge in [-0.1, -0.05) is 100 Å². The fraction of sp³-hybridized carbons (Fsp3) is 0.649. The number of hydrogen-bond acceptors (Lipinski definition) is 6. The summed E-state index contributed by atoms with van der Waals surface area (Å²) in [5, 5.41) is 9.54. The van der Waals surface area contributed by atoms with Gasteiger partial charge in [0.2, 0.25) is 0 Å². The van der Waals surface area contributed by atoms with Crippen molar-refractivity contribution in [3.63, 3.8) is 0 Å². The van der Waals surface area contributed by atoms with E-state index in [1.165, 1.54) is 19.3 Å². The number of hydrogen-bond donors (Lipinski definition) is 1. The molecule has 0 aromatic rings. The number of nitrogens with zero attached hydrogens (tertiary/aromatic N) is 1. The van der Waals surface area contributed by atoms with Crippen LogP contribution in [0.15, 0.2) is 60.8 Å². The van der Waals surface area contributed by atoms with Gasteiger partial charge in [0, 0.05) is 19.3 Å². The van der Waals surface area contributed by atoms with Crippen LogP contribution in [-0.4, -0.2) is 80.6 Å². The Labute approximate surface area is 273 Å². The van der Waals surface area contributed by atoms with Crippen molar-refractivity contribution in [3.8, 4) is 0 Å². The number of likely N-dealkylation sites (N-methyl/N-ethyl adjacent to an activating group) is 1. The van der Waals surface area contributed by atoms with Crippen LogP contribution < -0.4 is 0 Å². The van der Waals surface area contributed by atoms with E-state index in [-0.39, 0.29) is 42.7 Å². The number of ether oxygens (including phenoxy) is 3. The highest BCUT2D eigenvalue weighted by Crippen LogP contribution is 2.10. The van der Waals surface area contributed by atoms with Gasteiger partial charge in [-0.25, -0.2) is 4.79 Å². The summed E-state index contributed by atoms with van der Waals surface area (Å²) < 4.78 is 17.0. The molecule has 0 saturated heterocycles. The Balaban J connectivity index is 4.59. The third-order valence-electron chi connectivity index (χ3n) is 7.01. The second-order valence-electron chi connectivity index (χ2n) is 12.1. The molecule has 2 unspecified atom stereocenters. The molecule has 8 nitrogen and oxygen atoms in total. The van der Waals surface area contributed by atoms with E-state index in [0.717, 1.165) is 44.9 Å². The van der Waals surface area contributed by atoms with Crippen LogP contribution in [0.3, 0.4) is 0 Å². The summed E-state index contributed by atoms with van der Waals surface area (Å²) in [5.74, 6) is -1.60. The Kier molecular flexibility index (Phi) is 26.6. The molecule has 256 valence electrons. The van der Waals surface area contributed by atoms with Crippen LogP contribution in [0.1, 0.15) is 104 Å². The van der Waals surface area contributed by atoms with E-state index >= 15 is 0 Å². The first-order valence-corrected chi connectivity index (χ1v) is 16.9. The molecular formula is C37H62NO7+. The molecular weight excluding hydrogens is 570 g/mol. The second kappa shape index (κ2) is 28.5. The molecule has 0 spiro atoms. The molecule has 0 aromatic carbocycles. The predicted octanol–water partition coefficient (Wildman–Crippen LogP) is 7.90. The number of allylic oxidation sites excluding steroid dienone is 10. The fourth-order valence-corrected chi connectivity index (χ4v) is 4.35. The van der Waals surface area contributed by atoms with Crippen LogP contribution in [0.5, 0.6) is 0 Å². The highest BCUT2D eigenvalue weighted by Gasteiger charge is 2.31. The first-order chi connectivity index (χ1) is 21.6. The molecule has 0 aliphatic heterocycles. The van der Waals surface area contributed by atoms with Crippen LogP contribution in [0, 0.1) is 0 Å². The SMILES string of the molecule is CC/C=C/C=C/C=C/C=C/CCCCCC(=O)OCC(COCCC(C(=O)O)[N+](C)(C)C)OC(=O)CC/C=C/CCCCCC. The van der Waals surface area contributed by atoms with Gasteiger partial charge in [0.25, 0.3) is 0 Å². The smallest absolute Gasteiger partial charge is 0.362 e. The molecule has 0 radical (unpaired) electrons. The minimum Gasteiger partial charge on any atom is -0.477 e. The molecule has 45 heavy (non-hydrogen) atoms. The highest BCUT2D eigenvalue weighted by molar-refractivity contribution is 5.72. The van der Waals surface area contributed by atoms with Gasteiger partial charge in [0.1, 0.15) is 6.61 Å². The van der Waals surface area contributed by atoms with Crippen molar-refractivity contribution in [1.82, 2.24) is 0 Å². The van der Waals surface area contributed by atoms with E-state index in [0.29, 0.717) is 19.3 Å². The normalized spacial score (nSPS) is 13.9. The molecule has 0 rings (SSSR count). The Morgan fingerprint density at radius 1 is 0.689 bits per heavy atom. The van der Waals surface area contributed by atoms with E-state index in [4.69, 9.17) is 14.2 Å². The third kappa shape index (κ3) is 27.1. The van der Waals surface area contributed by atoms with Crippen molar-refractivity contribution in [2.75, 3.05) is 41.0 Å². The van der Waals surface area contributed by atoms with E-state index in [1.807, 2.05) is 63.7 Å². The first-order valence-electron chi connectivity index (χ1n) is 16.9. The van der Waals surface area contributed by atoms with Crippen LogP contribution in [-0.2, 0) is 28.6 Å². The molecule has 0 saturated carbocycles. The van der Waals surface area contributed by atoms with Crippen molar-refractivity contribution in [2.24, 2.45) is 0 Å². The quantitative estimate of drug-likeness (QED) is 0.0308. The largest absolute Gasteiger partial charge is 0.477 e. The van der Waals surface area contributed by atoms with Gasteiger partial charge >= 0.3 is 17.9 Å². The van der Waals surface area contributed by atoms with E-state index in [9.17, 15) is 19.5 Å². The number of carbonyl (C=O) groups excluding carboxylic acids is 2. The number of carboxylic acids is 1. The van der Waals surface area contributed by atoms with Gasteiger partial charge in [-0.2, -0.15) is 0 Å². The zero-order chi connectivity index (χ0) is 33.6. The lowest BCUT2D eigenvalue weighted by Crippen LogP contribution is -2.50. The highest BCUT2D eigenvalue weighted by atomic mass is 16.6. The van der Waals surface area contributed by atoms with Gasteiger partial charge in [0.05, 0.1) is 34.4 Å². The molecule has 0 bridgehead atoms. The van der Waals surface area contributed by atoms with E-state index < -0.39 is 18.1 Å². The molecule has 0 aromatic heterocycles. The van der Waals surface area contributed by atoms with Gasteiger partial charge in [-0.3, -0.25) is 9.59 Å². The van der Waals surface area contributed by atoms with E-state index in [1.54, 1.807) is 0 Å². The van der Waals surface area contributed by atoms with Crippen LogP contribution in [0.2, 0.25) is 0 Å². The maximum absolute atomic E-state index is 12.5. The topological polar surface area (TPSA) is 99.1 Å². The summed E-state index contributed by atoms with van der Waals surface area (Å²) in [6.45, 7) is 4.42. The molecule has 0 aliphatic rings. The average molecular weight is 633 g/mol. The lowest BCUT2D eigenvalue weighted by molar-refractivity contribution is -0.887. The lowest BCUT2D eigenvalue weighted by atomic mass is 10.1. The molecule has 1 N–H and O–H groups in total. The van der Waals surface area contributed by atoms with Crippen molar-refractivity contribution in [1.29, 1.82) is 0 Å². The molecule has 2 atom stereocenters. The summed E-state index contributed by atoms with van der Waals surface area (Å²) in [4.78, 5) is 36.5. The minimum absolute atomic E-state index is 0.0295. The van der Waals surface area contributed by atoms with Crippen LogP contribution in [0.4, 0.5) is 0 Å². The summed E-state index contributed by atoms with van der Waals surface area (Å²) >= 11 is 0. The maximum atomic E-state index is 12.5. The lowest BCUT2D eigenvalue weighted by Gasteiger charge is -2.31. The van der Waals surface area contributed by atoms with Gasteiger partial charge in [0.15, 0.2) is 12.1 Å². The van der Waals surface area contributed by atoms with Gasteiger partial charge in [-0.05, 0) is 44.9 Å². The summed E-state index contributed by atoms with van der Waals surface area (Å²) in [5.41, 5.74) is 0. The zero-order valence-electron chi connectivity index (χ0n) is 28.8. The van der Waals surface area contributed by atoms with Gasteiger partial charge < -0.3 is 23.8 Å². The summed E-state index contributed by atoms with van der Waals surface area (Å²) in [7, 11) is 5.47. The first kappa shape index (κ1) is 42.0. The Morgan fingerprint density at radius 2 is 1.31 bits per heavy atom. The standard InChI is InChI=1S/C37H61NO7/c1-6-8-10-12-14-16-17-18-19-20-22-23-25-27-35(39)44-32-33(31-43-30-29-34(37(41)42)38(3,4)5)45-36(40)28-26-24-21-15-13-11-9-7-2/h8,10,12,14,16-19,21,24,33-34H,6-7,9,11,13,15,20,22-23,25-32H2,1-5H3/p+1/b10-8+,14-12+,17-16+,19-18+,24-21+. The Morgan fingerprint density at radius 3 is 1.96 bits per heavy atom. The zero-order valence-corrected chi connectivity index (χ0v) is 28.8. The maximum Gasteiger partial charge on any atom is 0.362 e. The molecule has 8 heteroatoms. The van der Waals surface area contributed by atoms with Gasteiger partial charge in [-0.15, -0.1) is 0 Å². The predicted molar refractivity (Wildman–Crippen MR) is 183 cm³/mol. The van der Waals surface area contributed by atoms with E-state index in [2.05, 4.69) is 32.1 Å². The second-order valence-corrected chi connectivity index (χ2v) is 12.1. The number of carboxylic acid groups (broad SMARTS) is 1. The number of esters is 2. The fourth-order valence-electron chi connectivity index (χ4n) is 4.35. The molecule has 0 heterocycles. The number of aliphatic carboxylic acids is 1. The van der Waals surface area contributed by atoms with Crippen LogP contribution in [0.25, 0.3) is 0 Å². The number of carbonyl (C=O) groups is 3. The third-order valence-corrected chi connectivity index (χ3v) is 7.01. The Hall–Kier alpha value is -2.97. The summed E-state index contributed by atoms with van der Waals surface area (Å²) in [6, 6.07) is -0.625. The van der Waals surface area contributed by atoms with Crippen molar-refractivity contribution in [2.45, 2.75) is 116 Å². The van der Waals surface area contributed by atoms with Crippen LogP contribution >= 0.6 is 0 Å².